The second-order valence-electron chi connectivity index (χ2n) is 6.42. The highest BCUT2D eigenvalue weighted by atomic mass is 16.5. The van der Waals surface area contributed by atoms with E-state index in [-0.39, 0.29) is 30.2 Å². The maximum absolute atomic E-state index is 12.4. The molecule has 144 valence electrons. The molecule has 0 spiro atoms. The van der Waals surface area contributed by atoms with Crippen molar-refractivity contribution in [3.8, 4) is 0 Å². The van der Waals surface area contributed by atoms with Crippen LogP contribution in [0.15, 0.2) is 54.6 Å². The van der Waals surface area contributed by atoms with E-state index < -0.39 is 18.0 Å². The molecule has 1 fully saturated rings. The summed E-state index contributed by atoms with van der Waals surface area (Å²) in [4.78, 5) is 49.3. The van der Waals surface area contributed by atoms with Gasteiger partial charge in [0.25, 0.3) is 5.91 Å². The molecule has 2 aromatic carbocycles. The zero-order chi connectivity index (χ0) is 20.1. The fourth-order valence-electron chi connectivity index (χ4n) is 2.85. The van der Waals surface area contributed by atoms with Gasteiger partial charge in [0.1, 0.15) is 0 Å². The van der Waals surface area contributed by atoms with Crippen LogP contribution in [0.4, 0.5) is 5.69 Å². The van der Waals surface area contributed by atoms with Crippen LogP contribution in [0.3, 0.4) is 0 Å². The average molecular weight is 380 g/mol. The Labute approximate surface area is 162 Å². The van der Waals surface area contributed by atoms with Crippen molar-refractivity contribution < 1.29 is 23.9 Å². The van der Waals surface area contributed by atoms with Crippen LogP contribution < -0.4 is 10.2 Å². The van der Waals surface area contributed by atoms with Crippen LogP contribution in [-0.2, 0) is 25.7 Å². The molecule has 28 heavy (non-hydrogen) atoms. The van der Waals surface area contributed by atoms with E-state index >= 15 is 0 Å². The third-order valence-electron chi connectivity index (χ3n) is 4.35. The Morgan fingerprint density at radius 3 is 2.39 bits per heavy atom. The van der Waals surface area contributed by atoms with Crippen molar-refractivity contribution in [1.29, 1.82) is 0 Å². The second kappa shape index (κ2) is 8.47. The Bertz CT molecular complexity index is 894. The van der Waals surface area contributed by atoms with Crippen LogP contribution in [0, 0.1) is 0 Å². The molecule has 1 N–H and O–H groups in total. The highest BCUT2D eigenvalue weighted by molar-refractivity contribution is 6.20. The Kier molecular flexibility index (Phi) is 5.84. The zero-order valence-electron chi connectivity index (χ0n) is 15.4. The van der Waals surface area contributed by atoms with Crippen LogP contribution in [0.1, 0.15) is 35.7 Å². The summed E-state index contributed by atoms with van der Waals surface area (Å²) in [6, 6.07) is 15.4. The predicted molar refractivity (Wildman–Crippen MR) is 101 cm³/mol. The van der Waals surface area contributed by atoms with Gasteiger partial charge in [0.15, 0.2) is 6.10 Å². The fraction of sp³-hybridized carbons (Fsp3) is 0.238. The molecule has 1 saturated heterocycles. The molecule has 1 atom stereocenters. The number of nitrogens with one attached hydrogen (secondary N) is 1. The smallest absolute Gasteiger partial charge is 0.338 e. The third-order valence-corrected chi connectivity index (χ3v) is 4.35. The molecular weight excluding hydrogens is 360 g/mol. The second-order valence-corrected chi connectivity index (χ2v) is 6.42. The van der Waals surface area contributed by atoms with Crippen molar-refractivity contribution in [2.45, 2.75) is 32.4 Å². The number of esters is 1. The lowest BCUT2D eigenvalue weighted by molar-refractivity contribution is -0.129. The van der Waals surface area contributed by atoms with Crippen LogP contribution in [0.25, 0.3) is 0 Å². The molecule has 1 heterocycles. The van der Waals surface area contributed by atoms with E-state index in [0.717, 1.165) is 10.5 Å². The molecule has 7 nitrogen and oxygen atoms in total. The van der Waals surface area contributed by atoms with Gasteiger partial charge >= 0.3 is 5.97 Å². The lowest BCUT2D eigenvalue weighted by atomic mass is 10.2. The zero-order valence-corrected chi connectivity index (χ0v) is 15.4. The van der Waals surface area contributed by atoms with Gasteiger partial charge in [-0.25, -0.2) is 4.79 Å². The van der Waals surface area contributed by atoms with Crippen molar-refractivity contribution in [1.82, 2.24) is 5.32 Å². The first-order valence-electron chi connectivity index (χ1n) is 8.94. The maximum atomic E-state index is 12.4. The number of carbonyl (C=O) groups is 4. The van der Waals surface area contributed by atoms with Gasteiger partial charge in [0, 0.05) is 19.4 Å². The van der Waals surface area contributed by atoms with Gasteiger partial charge in [0.2, 0.25) is 11.8 Å². The normalized spacial score (nSPS) is 14.7. The number of amides is 3. The fourth-order valence-corrected chi connectivity index (χ4v) is 2.85. The Hall–Kier alpha value is -3.48. The Balaban J connectivity index is 1.61. The van der Waals surface area contributed by atoms with E-state index in [9.17, 15) is 19.2 Å². The van der Waals surface area contributed by atoms with E-state index in [1.807, 2.05) is 30.3 Å². The third kappa shape index (κ3) is 4.43. The molecular formula is C21H20N2O5. The molecule has 1 aliphatic rings. The molecule has 2 aromatic rings. The van der Waals surface area contributed by atoms with Crippen molar-refractivity contribution in [3.63, 3.8) is 0 Å². The van der Waals surface area contributed by atoms with E-state index in [4.69, 9.17) is 4.74 Å². The van der Waals surface area contributed by atoms with E-state index in [1.165, 1.54) is 19.1 Å². The standard InChI is InChI=1S/C21H20N2O5/c1-14(20(26)22-13-15-6-3-2-4-7-15)28-21(27)16-8-5-9-17(12-16)23-18(24)10-11-19(23)25/h2-9,12,14H,10-11,13H2,1H3,(H,22,26)/t14-/m1/s1. The largest absolute Gasteiger partial charge is 0.449 e. The Morgan fingerprint density at radius 2 is 1.71 bits per heavy atom. The van der Waals surface area contributed by atoms with Gasteiger partial charge in [-0.3, -0.25) is 19.3 Å². The topological polar surface area (TPSA) is 92.8 Å². The summed E-state index contributed by atoms with van der Waals surface area (Å²) in [5, 5.41) is 2.71. The van der Waals surface area contributed by atoms with E-state index in [2.05, 4.69) is 5.32 Å². The van der Waals surface area contributed by atoms with Gasteiger partial charge in [0.05, 0.1) is 11.3 Å². The number of anilines is 1. The van der Waals surface area contributed by atoms with Crippen molar-refractivity contribution in [3.05, 3.63) is 65.7 Å². The van der Waals surface area contributed by atoms with Crippen LogP contribution in [0.2, 0.25) is 0 Å². The molecule has 0 aliphatic carbocycles. The lowest BCUT2D eigenvalue weighted by Crippen LogP contribution is -2.35. The summed E-state index contributed by atoms with van der Waals surface area (Å²) in [5.41, 5.74) is 1.41. The molecule has 0 aromatic heterocycles. The van der Waals surface area contributed by atoms with Crippen LogP contribution >= 0.6 is 0 Å². The number of carbonyl (C=O) groups excluding carboxylic acids is 4. The van der Waals surface area contributed by atoms with E-state index in [1.54, 1.807) is 12.1 Å². The Morgan fingerprint density at radius 1 is 1.04 bits per heavy atom. The number of ether oxygens (including phenoxy) is 1. The summed E-state index contributed by atoms with van der Waals surface area (Å²) < 4.78 is 5.22. The first-order chi connectivity index (χ1) is 13.5. The predicted octanol–water partition coefficient (Wildman–Crippen LogP) is 2.20. The first kappa shape index (κ1) is 19.3. The molecule has 3 amide bonds. The van der Waals surface area contributed by atoms with Crippen molar-refractivity contribution in [2.75, 3.05) is 4.90 Å². The maximum Gasteiger partial charge on any atom is 0.338 e. The SMILES string of the molecule is C[C@@H](OC(=O)c1cccc(N2C(=O)CCC2=O)c1)C(=O)NCc1ccccc1. The molecule has 0 unspecified atom stereocenters. The summed E-state index contributed by atoms with van der Waals surface area (Å²) in [5.74, 6) is -1.73. The summed E-state index contributed by atoms with van der Waals surface area (Å²) in [7, 11) is 0. The van der Waals surface area contributed by atoms with Gasteiger partial charge in [-0.15, -0.1) is 0 Å². The van der Waals surface area contributed by atoms with Crippen molar-refractivity contribution >= 4 is 29.4 Å². The molecule has 0 radical (unpaired) electrons. The number of hydrogen-bond acceptors (Lipinski definition) is 5. The van der Waals surface area contributed by atoms with Gasteiger partial charge in [-0.1, -0.05) is 36.4 Å². The summed E-state index contributed by atoms with van der Waals surface area (Å²) in [6.45, 7) is 1.81. The minimum Gasteiger partial charge on any atom is -0.449 e. The molecule has 0 bridgehead atoms. The quantitative estimate of drug-likeness (QED) is 0.613. The van der Waals surface area contributed by atoms with E-state index in [0.29, 0.717) is 12.2 Å². The van der Waals surface area contributed by atoms with Gasteiger partial charge < -0.3 is 10.1 Å². The molecule has 3 rings (SSSR count). The molecule has 7 heteroatoms. The average Bonchev–Trinajstić information content (AvgIpc) is 3.05. The lowest BCUT2D eigenvalue weighted by Gasteiger charge is -2.16. The monoisotopic (exact) mass is 380 g/mol. The number of benzene rings is 2. The number of nitrogens with zero attached hydrogens (tertiary/aromatic N) is 1. The molecule has 0 saturated carbocycles. The highest BCUT2D eigenvalue weighted by Crippen LogP contribution is 2.23. The minimum atomic E-state index is -0.991. The van der Waals surface area contributed by atoms with Gasteiger partial charge in [-0.05, 0) is 30.7 Å². The first-order valence-corrected chi connectivity index (χ1v) is 8.94. The summed E-state index contributed by atoms with van der Waals surface area (Å²) in [6.07, 6.45) is -0.673. The number of imide groups is 1. The summed E-state index contributed by atoms with van der Waals surface area (Å²) >= 11 is 0. The van der Waals surface area contributed by atoms with Crippen LogP contribution in [-0.4, -0.2) is 29.8 Å². The molecule has 1 aliphatic heterocycles. The number of rotatable bonds is 6. The highest BCUT2D eigenvalue weighted by Gasteiger charge is 2.30. The minimum absolute atomic E-state index is 0.159. The van der Waals surface area contributed by atoms with Crippen molar-refractivity contribution in [2.24, 2.45) is 0 Å². The number of hydrogen-bond donors (Lipinski definition) is 1. The van der Waals surface area contributed by atoms with Crippen LogP contribution in [0.5, 0.6) is 0 Å². The van der Waals surface area contributed by atoms with Gasteiger partial charge in [-0.2, -0.15) is 0 Å².